The van der Waals surface area contributed by atoms with Gasteiger partial charge >= 0.3 is 5.97 Å². The van der Waals surface area contributed by atoms with Crippen molar-refractivity contribution in [2.45, 2.75) is 78.1 Å². The van der Waals surface area contributed by atoms with E-state index in [-0.39, 0.29) is 5.97 Å². The van der Waals surface area contributed by atoms with E-state index in [4.69, 9.17) is 4.74 Å². The zero-order valence-corrected chi connectivity index (χ0v) is 17.2. The van der Waals surface area contributed by atoms with Gasteiger partial charge in [0.25, 0.3) is 0 Å². The number of ether oxygens (including phenoxy) is 1. The maximum Gasteiger partial charge on any atom is 0.335 e. The van der Waals surface area contributed by atoms with Crippen LogP contribution in [0.25, 0.3) is 6.08 Å². The fourth-order valence-corrected chi connectivity index (χ4v) is 2.81. The Balaban J connectivity index is 2.01. The molecule has 0 bridgehead atoms. The smallest absolute Gasteiger partial charge is 0.335 e. The molecule has 150 valence electrons. The highest BCUT2D eigenvalue weighted by molar-refractivity contribution is 5.87. The summed E-state index contributed by atoms with van der Waals surface area (Å²) in [7, 11) is 0. The monoisotopic (exact) mass is 371 g/mol. The van der Waals surface area contributed by atoms with Crippen molar-refractivity contribution in [3.05, 3.63) is 53.9 Å². The number of hydrogen-bond acceptors (Lipinski definition) is 3. The van der Waals surface area contributed by atoms with E-state index >= 15 is 0 Å². The molecule has 1 rings (SSSR count). The van der Waals surface area contributed by atoms with Gasteiger partial charge in [-0.05, 0) is 25.0 Å². The first-order valence-electron chi connectivity index (χ1n) is 10.6. The minimum Gasteiger partial charge on any atom is -0.462 e. The quantitative estimate of drug-likeness (QED) is 0.214. The van der Waals surface area contributed by atoms with E-state index in [1.54, 1.807) is 13.1 Å². The summed E-state index contributed by atoms with van der Waals surface area (Å²) in [6.07, 6.45) is 18.3. The van der Waals surface area contributed by atoms with Crippen LogP contribution >= 0.6 is 0 Å². The highest BCUT2D eigenvalue weighted by atomic mass is 16.5. The van der Waals surface area contributed by atoms with Gasteiger partial charge in [0.15, 0.2) is 0 Å². The Morgan fingerprint density at radius 1 is 0.926 bits per heavy atom. The molecule has 0 amide bonds. The van der Waals surface area contributed by atoms with Crippen LogP contribution in [-0.2, 0) is 9.53 Å². The van der Waals surface area contributed by atoms with E-state index in [0.29, 0.717) is 12.2 Å². The lowest BCUT2D eigenvalue weighted by Crippen LogP contribution is -2.09. The SMILES string of the molecule is CCCCCCCCCCCCOC(=O)C(C)=CNC=Cc1ccccc1. The Kier molecular flexibility index (Phi) is 13.8. The van der Waals surface area contributed by atoms with Crippen LogP contribution in [0.2, 0.25) is 0 Å². The first kappa shape index (κ1) is 23.0. The zero-order chi connectivity index (χ0) is 19.6. The molecule has 3 nitrogen and oxygen atoms in total. The van der Waals surface area contributed by atoms with Crippen molar-refractivity contribution < 1.29 is 9.53 Å². The van der Waals surface area contributed by atoms with Crippen LogP contribution in [0.5, 0.6) is 0 Å². The molecule has 1 aromatic rings. The average Bonchev–Trinajstić information content (AvgIpc) is 2.69. The van der Waals surface area contributed by atoms with E-state index in [1.165, 1.54) is 51.4 Å². The molecule has 1 aromatic carbocycles. The van der Waals surface area contributed by atoms with Crippen LogP contribution in [0.4, 0.5) is 0 Å². The lowest BCUT2D eigenvalue weighted by Gasteiger charge is -2.05. The van der Waals surface area contributed by atoms with Gasteiger partial charge < -0.3 is 10.1 Å². The third kappa shape index (κ3) is 12.9. The Bertz CT molecular complexity index is 549. The first-order valence-corrected chi connectivity index (χ1v) is 10.6. The van der Waals surface area contributed by atoms with Crippen LogP contribution in [0.1, 0.15) is 83.6 Å². The molecule has 1 N–H and O–H groups in total. The van der Waals surface area contributed by atoms with Gasteiger partial charge in [-0.3, -0.25) is 0 Å². The van der Waals surface area contributed by atoms with E-state index < -0.39 is 0 Å². The number of carbonyl (C=O) groups is 1. The van der Waals surface area contributed by atoms with Crippen LogP contribution < -0.4 is 5.32 Å². The summed E-state index contributed by atoms with van der Waals surface area (Å²) in [4.78, 5) is 11.9. The average molecular weight is 372 g/mol. The summed E-state index contributed by atoms with van der Waals surface area (Å²) in [5.74, 6) is -0.244. The highest BCUT2D eigenvalue weighted by Crippen LogP contribution is 2.10. The topological polar surface area (TPSA) is 38.3 Å². The number of benzene rings is 1. The molecule has 0 aliphatic rings. The van der Waals surface area contributed by atoms with Crippen molar-refractivity contribution >= 4 is 12.0 Å². The second-order valence-electron chi connectivity index (χ2n) is 7.06. The normalized spacial score (nSPS) is 11.7. The van der Waals surface area contributed by atoms with Crippen molar-refractivity contribution in [2.24, 2.45) is 0 Å². The zero-order valence-electron chi connectivity index (χ0n) is 17.2. The molecule has 3 heteroatoms. The summed E-state index contributed by atoms with van der Waals surface area (Å²) in [5.41, 5.74) is 1.69. The predicted octanol–water partition coefficient (Wildman–Crippen LogP) is 6.61. The van der Waals surface area contributed by atoms with Crippen LogP contribution in [0, 0.1) is 0 Å². The second-order valence-corrected chi connectivity index (χ2v) is 7.06. The van der Waals surface area contributed by atoms with E-state index in [9.17, 15) is 4.79 Å². The Labute approximate surface area is 165 Å². The van der Waals surface area contributed by atoms with Crippen molar-refractivity contribution in [2.75, 3.05) is 6.61 Å². The summed E-state index contributed by atoms with van der Waals surface area (Å²) in [5, 5.41) is 3.01. The van der Waals surface area contributed by atoms with Crippen LogP contribution in [0.15, 0.2) is 48.3 Å². The largest absolute Gasteiger partial charge is 0.462 e. The van der Waals surface area contributed by atoms with Crippen molar-refractivity contribution in [3.8, 4) is 0 Å². The van der Waals surface area contributed by atoms with Gasteiger partial charge in [0.1, 0.15) is 0 Å². The number of esters is 1. The van der Waals surface area contributed by atoms with Gasteiger partial charge in [0.2, 0.25) is 0 Å². The molecular weight excluding hydrogens is 334 g/mol. The van der Waals surface area contributed by atoms with Crippen LogP contribution in [-0.4, -0.2) is 12.6 Å². The molecule has 0 aromatic heterocycles. The maximum atomic E-state index is 11.9. The van der Waals surface area contributed by atoms with Gasteiger partial charge in [0.05, 0.1) is 6.61 Å². The lowest BCUT2D eigenvalue weighted by atomic mass is 10.1. The number of unbranched alkanes of at least 4 members (excludes halogenated alkanes) is 9. The van der Waals surface area contributed by atoms with Crippen molar-refractivity contribution in [1.82, 2.24) is 5.32 Å². The van der Waals surface area contributed by atoms with Crippen molar-refractivity contribution in [1.29, 1.82) is 0 Å². The second kappa shape index (κ2) is 16.2. The minimum absolute atomic E-state index is 0.244. The van der Waals surface area contributed by atoms with Gasteiger partial charge in [-0.25, -0.2) is 4.79 Å². The van der Waals surface area contributed by atoms with Gasteiger partial charge in [0, 0.05) is 18.0 Å². The van der Waals surface area contributed by atoms with Gasteiger partial charge in [-0.15, -0.1) is 0 Å². The molecule has 0 saturated carbocycles. The summed E-state index contributed by atoms with van der Waals surface area (Å²) < 4.78 is 5.32. The highest BCUT2D eigenvalue weighted by Gasteiger charge is 2.04. The standard InChI is InChI=1S/C24H37NO2/c1-3-4-5-6-7-8-9-10-11-15-20-27-24(26)22(2)21-25-19-18-23-16-13-12-14-17-23/h12-14,16-19,21,25H,3-11,15,20H2,1-2H3. The Morgan fingerprint density at radius 2 is 1.52 bits per heavy atom. The summed E-state index contributed by atoms with van der Waals surface area (Å²) in [6.45, 7) is 4.54. The summed E-state index contributed by atoms with van der Waals surface area (Å²) >= 11 is 0. The molecule has 0 saturated heterocycles. The van der Waals surface area contributed by atoms with E-state index in [2.05, 4.69) is 12.2 Å². The fourth-order valence-electron chi connectivity index (χ4n) is 2.81. The minimum atomic E-state index is -0.244. The maximum absolute atomic E-state index is 11.9. The van der Waals surface area contributed by atoms with E-state index in [1.807, 2.05) is 42.6 Å². The Morgan fingerprint density at radius 3 is 2.15 bits per heavy atom. The number of hydrogen-bond donors (Lipinski definition) is 1. The van der Waals surface area contributed by atoms with Crippen molar-refractivity contribution in [3.63, 3.8) is 0 Å². The molecule has 0 aliphatic heterocycles. The molecule has 0 radical (unpaired) electrons. The molecule has 0 heterocycles. The van der Waals surface area contributed by atoms with Gasteiger partial charge in [-0.2, -0.15) is 0 Å². The Hall–Kier alpha value is -2.03. The third-order valence-corrected chi connectivity index (χ3v) is 4.52. The van der Waals surface area contributed by atoms with Crippen LogP contribution in [0.3, 0.4) is 0 Å². The predicted molar refractivity (Wildman–Crippen MR) is 115 cm³/mol. The van der Waals surface area contributed by atoms with E-state index in [0.717, 1.165) is 18.4 Å². The summed E-state index contributed by atoms with van der Waals surface area (Å²) in [6, 6.07) is 10.0. The molecule has 0 fully saturated rings. The van der Waals surface area contributed by atoms with Gasteiger partial charge in [-0.1, -0.05) is 95.0 Å². The molecule has 0 unspecified atom stereocenters. The fraction of sp³-hybridized carbons (Fsp3) is 0.542. The third-order valence-electron chi connectivity index (χ3n) is 4.52. The molecular formula is C24H37NO2. The first-order chi connectivity index (χ1) is 13.2. The number of carbonyl (C=O) groups excluding carboxylic acids is 1. The molecule has 0 spiro atoms. The lowest BCUT2D eigenvalue weighted by molar-refractivity contribution is -0.139. The molecule has 0 atom stereocenters. The number of rotatable bonds is 15. The molecule has 27 heavy (non-hydrogen) atoms. The number of nitrogens with one attached hydrogen (secondary N) is 1. The molecule has 0 aliphatic carbocycles.